The first-order valence-electron chi connectivity index (χ1n) is 9.90. The Morgan fingerprint density at radius 1 is 1.00 bits per heavy atom. The second-order valence-electron chi connectivity index (χ2n) is 7.18. The summed E-state index contributed by atoms with van der Waals surface area (Å²) in [5, 5.41) is 11.8. The van der Waals surface area contributed by atoms with Gasteiger partial charge in [0.1, 0.15) is 22.2 Å². The molecule has 0 amide bonds. The van der Waals surface area contributed by atoms with Crippen molar-refractivity contribution >= 4 is 10.0 Å². The van der Waals surface area contributed by atoms with Crippen molar-refractivity contribution in [1.29, 1.82) is 0 Å². The fourth-order valence-corrected chi connectivity index (χ4v) is 5.13. The molecule has 1 aliphatic heterocycles. The maximum atomic E-state index is 13.2. The molecule has 0 bridgehead atoms. The molecule has 0 N–H and O–H groups in total. The second-order valence-corrected chi connectivity index (χ2v) is 9.09. The summed E-state index contributed by atoms with van der Waals surface area (Å²) >= 11 is 0. The Morgan fingerprint density at radius 2 is 1.72 bits per heavy atom. The van der Waals surface area contributed by atoms with Gasteiger partial charge in [-0.2, -0.15) is 8.99 Å². The van der Waals surface area contributed by atoms with E-state index in [2.05, 4.69) is 20.4 Å². The lowest BCUT2D eigenvalue weighted by Crippen LogP contribution is -2.48. The molecule has 170 valence electrons. The van der Waals surface area contributed by atoms with Gasteiger partial charge >= 0.3 is 0 Å². The maximum Gasteiger partial charge on any atom is 0.246 e. The minimum absolute atomic E-state index is 0.0769. The van der Waals surface area contributed by atoms with Gasteiger partial charge in [-0.3, -0.25) is 4.90 Å². The van der Waals surface area contributed by atoms with Crippen LogP contribution >= 0.6 is 0 Å². The first kappa shape index (κ1) is 22.1. The topological polar surface area (TPSA) is 103 Å². The molecule has 1 fully saturated rings. The lowest BCUT2D eigenvalue weighted by atomic mass is 10.3. The van der Waals surface area contributed by atoms with Crippen molar-refractivity contribution < 1.29 is 22.3 Å². The van der Waals surface area contributed by atoms with Crippen molar-refractivity contribution in [2.75, 3.05) is 40.4 Å². The Kier molecular flexibility index (Phi) is 6.35. The predicted molar refractivity (Wildman–Crippen MR) is 113 cm³/mol. The molecule has 10 nitrogen and oxygen atoms in total. The maximum absolute atomic E-state index is 13.2. The highest BCUT2D eigenvalue weighted by Crippen LogP contribution is 2.31. The minimum atomic E-state index is -3.76. The normalized spacial score (nSPS) is 15.6. The van der Waals surface area contributed by atoms with Crippen molar-refractivity contribution in [2.45, 2.75) is 11.4 Å². The van der Waals surface area contributed by atoms with E-state index >= 15 is 0 Å². The molecule has 0 unspecified atom stereocenters. The van der Waals surface area contributed by atoms with Crippen LogP contribution in [0.1, 0.15) is 5.82 Å². The van der Waals surface area contributed by atoms with Crippen LogP contribution in [0.15, 0.2) is 47.4 Å². The van der Waals surface area contributed by atoms with Crippen LogP contribution in [0.5, 0.6) is 11.5 Å². The van der Waals surface area contributed by atoms with Crippen LogP contribution in [-0.4, -0.2) is 78.2 Å². The number of benzene rings is 2. The molecule has 4 rings (SSSR count). The first-order valence-corrected chi connectivity index (χ1v) is 11.3. The van der Waals surface area contributed by atoms with Crippen LogP contribution in [-0.2, 0) is 16.6 Å². The smallest absolute Gasteiger partial charge is 0.246 e. The molecule has 3 aromatic rings. The molecule has 1 aromatic heterocycles. The zero-order valence-corrected chi connectivity index (χ0v) is 18.5. The molecule has 1 aliphatic rings. The number of aromatic nitrogens is 4. The van der Waals surface area contributed by atoms with Crippen molar-refractivity contribution in [3.05, 3.63) is 54.1 Å². The number of nitrogens with zero attached hydrogens (tertiary/aromatic N) is 6. The predicted octanol–water partition coefficient (Wildman–Crippen LogP) is 1.33. The van der Waals surface area contributed by atoms with Crippen LogP contribution in [0.2, 0.25) is 0 Å². The van der Waals surface area contributed by atoms with Crippen LogP contribution in [0.25, 0.3) is 5.69 Å². The van der Waals surface area contributed by atoms with E-state index in [0.717, 1.165) is 0 Å². The molecule has 12 heteroatoms. The Labute approximate surface area is 185 Å². The summed E-state index contributed by atoms with van der Waals surface area (Å²) < 4.78 is 53.1. The van der Waals surface area contributed by atoms with Gasteiger partial charge in [-0.1, -0.05) is 0 Å². The summed E-state index contributed by atoms with van der Waals surface area (Å²) in [4.78, 5) is 2.15. The highest BCUT2D eigenvalue weighted by atomic mass is 32.2. The van der Waals surface area contributed by atoms with E-state index in [1.54, 1.807) is 28.9 Å². The number of tetrazole rings is 1. The third kappa shape index (κ3) is 4.42. The van der Waals surface area contributed by atoms with Gasteiger partial charge < -0.3 is 9.47 Å². The van der Waals surface area contributed by atoms with E-state index in [4.69, 9.17) is 9.47 Å². The Balaban J connectivity index is 1.45. The lowest BCUT2D eigenvalue weighted by molar-refractivity contribution is 0.176. The number of sulfonamides is 1. The molecule has 2 aromatic carbocycles. The van der Waals surface area contributed by atoms with Crippen molar-refractivity contribution in [3.8, 4) is 17.2 Å². The zero-order chi connectivity index (χ0) is 22.7. The number of hydrogen-bond donors (Lipinski definition) is 0. The fourth-order valence-electron chi connectivity index (χ4n) is 3.54. The average molecular weight is 463 g/mol. The van der Waals surface area contributed by atoms with Crippen molar-refractivity contribution in [1.82, 2.24) is 29.4 Å². The fraction of sp³-hybridized carbons (Fsp3) is 0.350. The molecule has 0 radical (unpaired) electrons. The van der Waals surface area contributed by atoms with E-state index in [-0.39, 0.29) is 16.5 Å². The number of piperazine rings is 1. The van der Waals surface area contributed by atoms with Gasteiger partial charge in [-0.15, -0.1) is 5.10 Å². The summed E-state index contributed by atoms with van der Waals surface area (Å²) in [6, 6.07) is 10.6. The van der Waals surface area contributed by atoms with Gasteiger partial charge in [0.25, 0.3) is 0 Å². The number of methoxy groups -OCH3 is 2. The van der Waals surface area contributed by atoms with Crippen LogP contribution < -0.4 is 9.47 Å². The number of rotatable bonds is 7. The monoisotopic (exact) mass is 462 g/mol. The van der Waals surface area contributed by atoms with Crippen LogP contribution in [0, 0.1) is 5.82 Å². The van der Waals surface area contributed by atoms with E-state index in [1.807, 2.05) is 0 Å². The molecule has 0 atom stereocenters. The number of hydrogen-bond acceptors (Lipinski definition) is 8. The summed E-state index contributed by atoms with van der Waals surface area (Å²) in [6.07, 6.45) is 0. The minimum Gasteiger partial charge on any atom is -0.497 e. The highest BCUT2D eigenvalue weighted by molar-refractivity contribution is 7.89. The average Bonchev–Trinajstić information content (AvgIpc) is 3.27. The molecule has 32 heavy (non-hydrogen) atoms. The summed E-state index contributed by atoms with van der Waals surface area (Å²) in [5.41, 5.74) is 0.651. The summed E-state index contributed by atoms with van der Waals surface area (Å²) in [6.45, 7) is 2.05. The van der Waals surface area contributed by atoms with Crippen molar-refractivity contribution in [2.24, 2.45) is 0 Å². The zero-order valence-electron chi connectivity index (χ0n) is 17.7. The van der Waals surface area contributed by atoms with Crippen LogP contribution in [0.4, 0.5) is 4.39 Å². The Morgan fingerprint density at radius 3 is 2.38 bits per heavy atom. The molecule has 2 heterocycles. The number of halogens is 1. The molecular formula is C20H23FN6O4S. The quantitative estimate of drug-likeness (QED) is 0.518. The standard InChI is InChI=1S/C20H23FN6O4S/c1-30-17-7-8-18(31-2)19(13-17)32(28,29)26-11-9-25(10-12-26)14-20-22-23-24-27(20)16-5-3-15(21)4-6-16/h3-8,13H,9-12,14H2,1-2H3. The van der Waals surface area contributed by atoms with Gasteiger partial charge in [0.2, 0.25) is 10.0 Å². The third-order valence-corrected chi connectivity index (χ3v) is 7.21. The van der Waals surface area contributed by atoms with Crippen molar-refractivity contribution in [3.63, 3.8) is 0 Å². The molecular weight excluding hydrogens is 439 g/mol. The van der Waals surface area contributed by atoms with E-state index in [0.29, 0.717) is 50.0 Å². The Bertz CT molecular complexity index is 1180. The molecule has 1 saturated heterocycles. The highest BCUT2D eigenvalue weighted by Gasteiger charge is 2.31. The van der Waals surface area contributed by atoms with Gasteiger partial charge in [-0.25, -0.2) is 12.8 Å². The summed E-state index contributed by atoms with van der Waals surface area (Å²) in [7, 11) is -0.840. The van der Waals surface area contributed by atoms with Gasteiger partial charge in [0.05, 0.1) is 26.5 Å². The van der Waals surface area contributed by atoms with E-state index in [1.165, 1.54) is 36.7 Å². The third-order valence-electron chi connectivity index (χ3n) is 5.29. The van der Waals surface area contributed by atoms with Gasteiger partial charge in [-0.05, 0) is 46.8 Å². The summed E-state index contributed by atoms with van der Waals surface area (Å²) in [5.74, 6) is 0.957. The van der Waals surface area contributed by atoms with Gasteiger partial charge in [0, 0.05) is 32.2 Å². The van der Waals surface area contributed by atoms with E-state index < -0.39 is 10.0 Å². The molecule has 0 saturated carbocycles. The van der Waals surface area contributed by atoms with Crippen LogP contribution in [0.3, 0.4) is 0 Å². The SMILES string of the molecule is COc1ccc(OC)c(S(=O)(=O)N2CCN(Cc3nnnn3-c3ccc(F)cc3)CC2)c1. The largest absolute Gasteiger partial charge is 0.497 e. The second kappa shape index (κ2) is 9.18. The lowest BCUT2D eigenvalue weighted by Gasteiger charge is -2.33. The molecule has 0 aliphatic carbocycles. The first-order chi connectivity index (χ1) is 15.4. The van der Waals surface area contributed by atoms with Gasteiger partial charge in [0.15, 0.2) is 5.82 Å². The van der Waals surface area contributed by atoms with E-state index in [9.17, 15) is 12.8 Å². The Hall–Kier alpha value is -3.09. The molecule has 0 spiro atoms. The number of ether oxygens (including phenoxy) is 2.